The molecule has 0 spiro atoms. The number of nitrogens with zero attached hydrogens (tertiary/aromatic N) is 6. The SMILES string of the molecule is O=S1CCN(c2nc3c(-c4nc(C5CC5)no4)ncn3c3ccccc23)CC1. The van der Waals surface area contributed by atoms with E-state index in [1.807, 2.05) is 16.5 Å². The highest BCUT2D eigenvalue weighted by Gasteiger charge is 2.30. The molecular weight excluding hydrogens is 376 g/mol. The Labute approximate surface area is 163 Å². The van der Waals surface area contributed by atoms with Crippen molar-refractivity contribution in [1.82, 2.24) is 24.5 Å². The van der Waals surface area contributed by atoms with E-state index in [2.05, 4.69) is 32.2 Å². The maximum atomic E-state index is 11.8. The number of hydrogen-bond donors (Lipinski definition) is 0. The molecule has 142 valence electrons. The highest BCUT2D eigenvalue weighted by molar-refractivity contribution is 7.85. The molecule has 2 aliphatic rings. The van der Waals surface area contributed by atoms with Gasteiger partial charge in [0.2, 0.25) is 0 Å². The van der Waals surface area contributed by atoms with Crippen LogP contribution in [0.1, 0.15) is 24.6 Å². The largest absolute Gasteiger partial charge is 0.354 e. The highest BCUT2D eigenvalue weighted by Crippen LogP contribution is 2.39. The van der Waals surface area contributed by atoms with Crippen molar-refractivity contribution in [1.29, 1.82) is 0 Å². The standard InChI is InChI=1S/C19H18N6O2S/c26-28-9-7-24(8-10-28)17-13-3-1-2-4-14(13)25-11-20-15(18(25)22-17)19-21-16(23-27-19)12-5-6-12/h1-4,11-12H,5-10H2. The third-order valence-electron chi connectivity index (χ3n) is 5.42. The number of para-hydroxylation sites is 1. The van der Waals surface area contributed by atoms with Crippen LogP contribution in [0.2, 0.25) is 0 Å². The number of rotatable bonds is 3. The van der Waals surface area contributed by atoms with Gasteiger partial charge in [-0.1, -0.05) is 17.3 Å². The summed E-state index contributed by atoms with van der Waals surface area (Å²) in [6.07, 6.45) is 3.99. The molecule has 0 amide bonds. The zero-order chi connectivity index (χ0) is 18.7. The first kappa shape index (κ1) is 16.2. The fourth-order valence-electron chi connectivity index (χ4n) is 3.74. The van der Waals surface area contributed by atoms with Gasteiger partial charge < -0.3 is 9.42 Å². The molecule has 2 fully saturated rings. The maximum absolute atomic E-state index is 11.8. The first-order valence-corrected chi connectivity index (χ1v) is 11.0. The Morgan fingerprint density at radius 3 is 2.75 bits per heavy atom. The van der Waals surface area contributed by atoms with Crippen molar-refractivity contribution >= 4 is 33.2 Å². The van der Waals surface area contributed by atoms with Crippen LogP contribution in [0.25, 0.3) is 28.1 Å². The average Bonchev–Trinajstić information content (AvgIpc) is 3.30. The number of imidazole rings is 1. The smallest absolute Gasteiger partial charge is 0.280 e. The molecule has 28 heavy (non-hydrogen) atoms. The van der Waals surface area contributed by atoms with Gasteiger partial charge in [0.1, 0.15) is 12.1 Å². The molecular formula is C19H18N6O2S. The first-order valence-electron chi connectivity index (χ1n) is 9.47. The van der Waals surface area contributed by atoms with E-state index in [1.165, 1.54) is 0 Å². The van der Waals surface area contributed by atoms with Gasteiger partial charge in [-0.05, 0) is 25.0 Å². The summed E-state index contributed by atoms with van der Waals surface area (Å²) in [7, 11) is -0.738. The van der Waals surface area contributed by atoms with Gasteiger partial charge in [0, 0.05) is 46.7 Å². The van der Waals surface area contributed by atoms with Crippen LogP contribution in [-0.4, -0.2) is 53.3 Å². The van der Waals surface area contributed by atoms with Crippen LogP contribution >= 0.6 is 0 Å². The molecule has 1 aliphatic heterocycles. The van der Waals surface area contributed by atoms with E-state index in [4.69, 9.17) is 9.51 Å². The Bertz CT molecular complexity index is 1220. The second-order valence-electron chi connectivity index (χ2n) is 7.31. The third kappa shape index (κ3) is 2.53. The molecule has 9 heteroatoms. The summed E-state index contributed by atoms with van der Waals surface area (Å²) in [4.78, 5) is 16.3. The molecule has 3 aromatic heterocycles. The van der Waals surface area contributed by atoms with Gasteiger partial charge in [-0.25, -0.2) is 9.97 Å². The van der Waals surface area contributed by atoms with Crippen molar-refractivity contribution in [2.24, 2.45) is 0 Å². The minimum absolute atomic E-state index is 0.415. The molecule has 4 heterocycles. The van der Waals surface area contributed by atoms with E-state index in [0.29, 0.717) is 34.7 Å². The maximum Gasteiger partial charge on any atom is 0.280 e. The van der Waals surface area contributed by atoms with Crippen LogP contribution in [0, 0.1) is 0 Å². The van der Waals surface area contributed by atoms with Crippen molar-refractivity contribution in [2.45, 2.75) is 18.8 Å². The molecule has 1 aliphatic carbocycles. The fourth-order valence-corrected chi connectivity index (χ4v) is 4.79. The molecule has 1 saturated carbocycles. The van der Waals surface area contributed by atoms with E-state index in [0.717, 1.165) is 48.5 Å². The lowest BCUT2D eigenvalue weighted by atomic mass is 10.2. The van der Waals surface area contributed by atoms with Crippen molar-refractivity contribution < 1.29 is 8.73 Å². The van der Waals surface area contributed by atoms with Crippen molar-refractivity contribution in [3.8, 4) is 11.6 Å². The molecule has 0 atom stereocenters. The second kappa shape index (κ2) is 6.10. The predicted molar refractivity (Wildman–Crippen MR) is 106 cm³/mol. The molecule has 0 unspecified atom stereocenters. The minimum Gasteiger partial charge on any atom is -0.354 e. The van der Waals surface area contributed by atoms with Crippen LogP contribution < -0.4 is 4.90 Å². The van der Waals surface area contributed by atoms with Crippen LogP contribution in [-0.2, 0) is 10.8 Å². The van der Waals surface area contributed by atoms with E-state index in [9.17, 15) is 4.21 Å². The van der Waals surface area contributed by atoms with E-state index < -0.39 is 10.8 Å². The van der Waals surface area contributed by atoms with E-state index in [-0.39, 0.29) is 0 Å². The summed E-state index contributed by atoms with van der Waals surface area (Å²) in [5, 5.41) is 5.17. The third-order valence-corrected chi connectivity index (χ3v) is 6.70. The molecule has 8 nitrogen and oxygen atoms in total. The molecule has 1 saturated heterocycles. The van der Waals surface area contributed by atoms with Crippen molar-refractivity contribution in [2.75, 3.05) is 29.5 Å². The van der Waals surface area contributed by atoms with Gasteiger partial charge in [-0.3, -0.25) is 8.61 Å². The Kier molecular flexibility index (Phi) is 3.52. The molecule has 4 aromatic rings. The molecule has 6 rings (SSSR count). The molecule has 1 aromatic carbocycles. The first-order chi connectivity index (χ1) is 13.8. The van der Waals surface area contributed by atoms with Crippen LogP contribution in [0.15, 0.2) is 35.1 Å². The van der Waals surface area contributed by atoms with Gasteiger partial charge in [0.15, 0.2) is 17.2 Å². The number of aromatic nitrogens is 5. The molecule has 0 bridgehead atoms. The van der Waals surface area contributed by atoms with E-state index in [1.54, 1.807) is 6.33 Å². The minimum atomic E-state index is -0.738. The number of hydrogen-bond acceptors (Lipinski definition) is 7. The average molecular weight is 394 g/mol. The Hall–Kier alpha value is -2.81. The summed E-state index contributed by atoms with van der Waals surface area (Å²) >= 11 is 0. The Balaban J connectivity index is 1.54. The summed E-state index contributed by atoms with van der Waals surface area (Å²) in [5.74, 6) is 3.82. The summed E-state index contributed by atoms with van der Waals surface area (Å²) in [6, 6.07) is 8.15. The van der Waals surface area contributed by atoms with E-state index >= 15 is 0 Å². The lowest BCUT2D eigenvalue weighted by Crippen LogP contribution is -2.38. The van der Waals surface area contributed by atoms with Crippen LogP contribution in [0.5, 0.6) is 0 Å². The number of benzene rings is 1. The quantitative estimate of drug-likeness (QED) is 0.527. The zero-order valence-electron chi connectivity index (χ0n) is 15.1. The lowest BCUT2D eigenvalue weighted by molar-refractivity contribution is 0.422. The van der Waals surface area contributed by atoms with Gasteiger partial charge in [-0.15, -0.1) is 0 Å². The van der Waals surface area contributed by atoms with Gasteiger partial charge in [0.05, 0.1) is 5.52 Å². The topological polar surface area (TPSA) is 89.4 Å². The van der Waals surface area contributed by atoms with Crippen molar-refractivity contribution in [3.63, 3.8) is 0 Å². The predicted octanol–water partition coefficient (Wildman–Crippen LogP) is 2.38. The zero-order valence-corrected chi connectivity index (χ0v) is 15.9. The fraction of sp³-hybridized carbons (Fsp3) is 0.368. The van der Waals surface area contributed by atoms with Gasteiger partial charge >= 0.3 is 0 Å². The molecule has 0 radical (unpaired) electrons. The van der Waals surface area contributed by atoms with Gasteiger partial charge in [-0.2, -0.15) is 4.98 Å². The normalized spacial score (nSPS) is 18.4. The summed E-state index contributed by atoms with van der Waals surface area (Å²) < 4.78 is 19.3. The lowest BCUT2D eigenvalue weighted by Gasteiger charge is -2.28. The summed E-state index contributed by atoms with van der Waals surface area (Å²) in [5.41, 5.74) is 2.33. The number of anilines is 1. The second-order valence-corrected chi connectivity index (χ2v) is 9.00. The molecule has 0 N–H and O–H groups in total. The number of fused-ring (bicyclic) bond motifs is 3. The van der Waals surface area contributed by atoms with Crippen molar-refractivity contribution in [3.05, 3.63) is 36.4 Å². The highest BCUT2D eigenvalue weighted by atomic mass is 32.2. The monoisotopic (exact) mass is 394 g/mol. The van der Waals surface area contributed by atoms with Crippen LogP contribution in [0.4, 0.5) is 5.82 Å². The Morgan fingerprint density at radius 1 is 1.11 bits per heavy atom. The van der Waals surface area contributed by atoms with Crippen LogP contribution in [0.3, 0.4) is 0 Å². The van der Waals surface area contributed by atoms with Gasteiger partial charge in [0.25, 0.3) is 5.89 Å². The Morgan fingerprint density at radius 2 is 1.93 bits per heavy atom. The summed E-state index contributed by atoms with van der Waals surface area (Å²) in [6.45, 7) is 1.46.